The Bertz CT molecular complexity index is 1340. The van der Waals surface area contributed by atoms with E-state index in [2.05, 4.69) is 4.98 Å². The van der Waals surface area contributed by atoms with Crippen LogP contribution in [0.25, 0.3) is 10.9 Å². The molecular formula is C25H26N2O6S. The largest absolute Gasteiger partial charge is 0.454 e. The summed E-state index contributed by atoms with van der Waals surface area (Å²) >= 11 is 0. The fourth-order valence-corrected chi connectivity index (χ4v) is 5.99. The number of carbonyl (C=O) groups is 2. The van der Waals surface area contributed by atoms with Crippen molar-refractivity contribution in [2.75, 3.05) is 32.9 Å². The monoisotopic (exact) mass is 482 g/mol. The number of nitrogens with zero attached hydrogens (tertiary/aromatic N) is 1. The molecule has 2 heterocycles. The van der Waals surface area contributed by atoms with Gasteiger partial charge in [0.1, 0.15) is 0 Å². The zero-order valence-corrected chi connectivity index (χ0v) is 19.5. The lowest BCUT2D eigenvalue weighted by atomic mass is 9.95. The molecule has 0 bridgehead atoms. The van der Waals surface area contributed by atoms with Crippen LogP contribution >= 0.6 is 0 Å². The van der Waals surface area contributed by atoms with E-state index in [1.165, 1.54) is 39.8 Å². The van der Waals surface area contributed by atoms with Gasteiger partial charge in [-0.25, -0.2) is 13.2 Å². The van der Waals surface area contributed by atoms with Gasteiger partial charge < -0.3 is 14.5 Å². The number of aromatic amines is 1. The molecule has 0 radical (unpaired) electrons. The molecule has 3 aromatic rings. The molecule has 1 N–H and O–H groups in total. The first-order valence-electron chi connectivity index (χ1n) is 11.5. The van der Waals surface area contributed by atoms with Crippen LogP contribution in [0.5, 0.6) is 0 Å². The number of H-pyrrole nitrogens is 1. The number of sulfonamides is 1. The van der Waals surface area contributed by atoms with Crippen molar-refractivity contribution in [1.29, 1.82) is 0 Å². The summed E-state index contributed by atoms with van der Waals surface area (Å²) in [5.41, 5.74) is 4.19. The van der Waals surface area contributed by atoms with Gasteiger partial charge in [-0.3, -0.25) is 4.79 Å². The highest BCUT2D eigenvalue weighted by atomic mass is 32.2. The maximum absolute atomic E-state index is 12.7. The molecule has 0 amide bonds. The zero-order valence-electron chi connectivity index (χ0n) is 18.7. The predicted octanol–water partition coefficient (Wildman–Crippen LogP) is 3.11. The third-order valence-corrected chi connectivity index (χ3v) is 8.37. The highest BCUT2D eigenvalue weighted by molar-refractivity contribution is 7.89. The first kappa shape index (κ1) is 22.8. The average Bonchev–Trinajstić information content (AvgIpc) is 3.25. The van der Waals surface area contributed by atoms with Crippen LogP contribution in [0.1, 0.15) is 44.8 Å². The quantitative estimate of drug-likeness (QED) is 0.428. The molecule has 1 fully saturated rings. The van der Waals surface area contributed by atoms with Crippen LogP contribution in [0, 0.1) is 0 Å². The molecule has 0 spiro atoms. The molecule has 0 atom stereocenters. The van der Waals surface area contributed by atoms with Gasteiger partial charge in [0.2, 0.25) is 10.0 Å². The van der Waals surface area contributed by atoms with Crippen LogP contribution in [0.3, 0.4) is 0 Å². The first-order valence-corrected chi connectivity index (χ1v) is 12.9. The second kappa shape index (κ2) is 9.32. The van der Waals surface area contributed by atoms with Gasteiger partial charge in [0.15, 0.2) is 12.4 Å². The molecule has 9 heteroatoms. The van der Waals surface area contributed by atoms with E-state index in [1.54, 1.807) is 6.07 Å². The van der Waals surface area contributed by atoms with Crippen molar-refractivity contribution in [3.63, 3.8) is 0 Å². The van der Waals surface area contributed by atoms with E-state index in [1.807, 2.05) is 12.1 Å². The second-order valence-electron chi connectivity index (χ2n) is 8.59. The summed E-state index contributed by atoms with van der Waals surface area (Å²) < 4.78 is 37.3. The van der Waals surface area contributed by atoms with Crippen molar-refractivity contribution in [2.45, 2.75) is 30.6 Å². The molecule has 2 aromatic carbocycles. The third-order valence-electron chi connectivity index (χ3n) is 6.45. The van der Waals surface area contributed by atoms with E-state index in [-0.39, 0.29) is 10.5 Å². The zero-order chi connectivity index (χ0) is 23.7. The molecule has 8 nitrogen and oxygen atoms in total. The number of benzene rings is 2. The summed E-state index contributed by atoms with van der Waals surface area (Å²) in [6.45, 7) is 0.908. The Morgan fingerprint density at radius 2 is 1.68 bits per heavy atom. The molecule has 1 aliphatic carbocycles. The van der Waals surface area contributed by atoms with Gasteiger partial charge >= 0.3 is 5.97 Å². The Labute approximate surface area is 197 Å². The van der Waals surface area contributed by atoms with Crippen LogP contribution in [-0.4, -0.2) is 62.4 Å². The summed E-state index contributed by atoms with van der Waals surface area (Å²) in [4.78, 5) is 28.7. The summed E-state index contributed by atoms with van der Waals surface area (Å²) in [5, 5.41) is 1.03. The van der Waals surface area contributed by atoms with Crippen LogP contribution in [0.4, 0.5) is 0 Å². The molecule has 34 heavy (non-hydrogen) atoms. The highest BCUT2D eigenvalue weighted by Crippen LogP contribution is 2.30. The van der Waals surface area contributed by atoms with Crippen molar-refractivity contribution in [3.8, 4) is 0 Å². The lowest BCUT2D eigenvalue weighted by Gasteiger charge is -2.26. The smallest absolute Gasteiger partial charge is 0.338 e. The van der Waals surface area contributed by atoms with Crippen molar-refractivity contribution >= 4 is 32.7 Å². The van der Waals surface area contributed by atoms with Gasteiger partial charge in [-0.15, -0.1) is 0 Å². The Morgan fingerprint density at radius 1 is 0.971 bits per heavy atom. The molecular weight excluding hydrogens is 456 g/mol. The van der Waals surface area contributed by atoms with Crippen LogP contribution in [-0.2, 0) is 32.3 Å². The Balaban J connectivity index is 1.24. The molecule has 1 saturated heterocycles. The minimum Gasteiger partial charge on any atom is -0.454 e. The minimum atomic E-state index is -3.63. The number of aromatic nitrogens is 1. The number of esters is 1. The summed E-state index contributed by atoms with van der Waals surface area (Å²) in [5.74, 6) is -0.962. The lowest BCUT2D eigenvalue weighted by Crippen LogP contribution is -2.40. The Kier molecular flexibility index (Phi) is 6.24. The maximum Gasteiger partial charge on any atom is 0.338 e. The highest BCUT2D eigenvalue weighted by Gasteiger charge is 2.26. The number of hydrogen-bond donors (Lipinski definition) is 1. The molecule has 0 unspecified atom stereocenters. The second-order valence-corrected chi connectivity index (χ2v) is 10.5. The topological polar surface area (TPSA) is 106 Å². The number of nitrogens with one attached hydrogen (secondary N) is 1. The number of fused-ring (bicyclic) bond motifs is 3. The van der Waals surface area contributed by atoms with Gasteiger partial charge in [-0.05, 0) is 73.7 Å². The minimum absolute atomic E-state index is 0.117. The SMILES string of the molecule is O=C(COC(=O)c1ccc2[nH]c3c(c2c1)CCCC3)c1ccc(S(=O)(=O)N2CCOCC2)cc1. The van der Waals surface area contributed by atoms with Gasteiger partial charge in [-0.2, -0.15) is 4.31 Å². The molecule has 1 aromatic heterocycles. The van der Waals surface area contributed by atoms with E-state index in [0.29, 0.717) is 31.9 Å². The van der Waals surface area contributed by atoms with Gasteiger partial charge in [-0.1, -0.05) is 0 Å². The van der Waals surface area contributed by atoms with E-state index in [9.17, 15) is 18.0 Å². The number of rotatable bonds is 6. The van der Waals surface area contributed by atoms with Crippen molar-refractivity contribution < 1.29 is 27.5 Å². The summed E-state index contributed by atoms with van der Waals surface area (Å²) in [6.07, 6.45) is 4.31. The summed E-state index contributed by atoms with van der Waals surface area (Å²) in [6, 6.07) is 11.1. The maximum atomic E-state index is 12.7. The average molecular weight is 483 g/mol. The molecule has 5 rings (SSSR count). The Morgan fingerprint density at radius 3 is 2.44 bits per heavy atom. The van der Waals surface area contributed by atoms with E-state index >= 15 is 0 Å². The van der Waals surface area contributed by atoms with Crippen molar-refractivity contribution in [3.05, 3.63) is 64.8 Å². The number of ether oxygens (including phenoxy) is 2. The van der Waals surface area contributed by atoms with Crippen molar-refractivity contribution in [1.82, 2.24) is 9.29 Å². The molecule has 2 aliphatic rings. The standard InChI is InChI=1S/C25H26N2O6S/c28-24(17-5-8-19(9-6-17)34(30,31)27-11-13-32-14-12-27)16-33-25(29)18-7-10-23-21(15-18)20-3-1-2-4-22(20)26-23/h5-10,15,26H,1-4,11-14,16H2. The molecule has 0 saturated carbocycles. The first-order chi connectivity index (χ1) is 16.4. The number of carbonyl (C=O) groups excluding carboxylic acids is 2. The number of ketones is 1. The Hall–Kier alpha value is -3.01. The predicted molar refractivity (Wildman–Crippen MR) is 126 cm³/mol. The number of Topliss-reactive ketones (excluding diaryl/α,β-unsaturated/α-hetero) is 1. The molecule has 178 valence electrons. The van der Waals surface area contributed by atoms with Crippen LogP contribution in [0.2, 0.25) is 0 Å². The van der Waals surface area contributed by atoms with E-state index in [4.69, 9.17) is 9.47 Å². The third kappa shape index (κ3) is 4.38. The van der Waals surface area contributed by atoms with Gasteiger partial charge in [0.25, 0.3) is 0 Å². The molecule has 1 aliphatic heterocycles. The van der Waals surface area contributed by atoms with Crippen molar-refractivity contribution in [2.24, 2.45) is 0 Å². The van der Waals surface area contributed by atoms with Gasteiger partial charge in [0.05, 0.1) is 23.7 Å². The van der Waals surface area contributed by atoms with Gasteiger partial charge in [0, 0.05) is 35.2 Å². The number of morpholine rings is 1. The summed E-state index contributed by atoms with van der Waals surface area (Å²) in [7, 11) is -3.63. The fraction of sp³-hybridized carbons (Fsp3) is 0.360. The van der Waals surface area contributed by atoms with Crippen LogP contribution < -0.4 is 0 Å². The fourth-order valence-electron chi connectivity index (χ4n) is 4.58. The number of aryl methyl sites for hydroxylation is 2. The van der Waals surface area contributed by atoms with E-state index < -0.39 is 28.4 Å². The lowest BCUT2D eigenvalue weighted by molar-refractivity contribution is 0.0475. The van der Waals surface area contributed by atoms with E-state index in [0.717, 1.165) is 36.6 Å². The normalized spacial score (nSPS) is 16.8. The van der Waals surface area contributed by atoms with Crippen LogP contribution in [0.15, 0.2) is 47.4 Å². The number of hydrogen-bond acceptors (Lipinski definition) is 6.